The van der Waals surface area contributed by atoms with Gasteiger partial charge >= 0.3 is 0 Å². The molecule has 100 valence electrons. The molecule has 1 unspecified atom stereocenters. The van der Waals surface area contributed by atoms with Gasteiger partial charge in [0.25, 0.3) is 5.91 Å². The van der Waals surface area contributed by atoms with Gasteiger partial charge in [0.05, 0.1) is 10.4 Å². The van der Waals surface area contributed by atoms with Crippen molar-refractivity contribution in [3.63, 3.8) is 0 Å². The molecule has 2 rings (SSSR count). The number of thiophene rings is 1. The number of nitrogens with one attached hydrogen (secondary N) is 1. The first kappa shape index (κ1) is 14.0. The maximum atomic E-state index is 13.0. The molecule has 2 nitrogen and oxygen atoms in total. The minimum atomic E-state index is -1.04. The first-order valence-corrected chi connectivity index (χ1v) is 6.68. The van der Waals surface area contributed by atoms with Crippen LogP contribution in [0.3, 0.4) is 0 Å². The summed E-state index contributed by atoms with van der Waals surface area (Å²) in [5.74, 6) is -2.48. The normalized spacial score (nSPS) is 12.2. The van der Waals surface area contributed by atoms with Crippen LogP contribution in [-0.4, -0.2) is 5.91 Å². The highest BCUT2D eigenvalue weighted by molar-refractivity contribution is 7.16. The molecule has 1 aromatic carbocycles. The Balaban J connectivity index is 2.10. The molecule has 2 aromatic rings. The van der Waals surface area contributed by atoms with Gasteiger partial charge in [0.1, 0.15) is 0 Å². The van der Waals surface area contributed by atoms with Crippen LogP contribution in [0.15, 0.2) is 30.3 Å². The van der Waals surface area contributed by atoms with Crippen molar-refractivity contribution in [1.82, 2.24) is 5.32 Å². The van der Waals surface area contributed by atoms with Gasteiger partial charge in [0, 0.05) is 10.4 Å². The Labute approximate surface area is 118 Å². The van der Waals surface area contributed by atoms with Crippen LogP contribution in [0.2, 0.25) is 4.34 Å². The van der Waals surface area contributed by atoms with Gasteiger partial charge in [0.15, 0.2) is 11.6 Å². The maximum Gasteiger partial charge on any atom is 0.251 e. The summed E-state index contributed by atoms with van der Waals surface area (Å²) in [4.78, 5) is 12.8. The van der Waals surface area contributed by atoms with E-state index in [1.54, 1.807) is 13.0 Å². The van der Waals surface area contributed by atoms with E-state index in [0.29, 0.717) is 4.34 Å². The topological polar surface area (TPSA) is 29.1 Å². The number of hydrogen-bond acceptors (Lipinski definition) is 2. The van der Waals surface area contributed by atoms with Gasteiger partial charge < -0.3 is 5.32 Å². The van der Waals surface area contributed by atoms with Crippen LogP contribution in [0, 0.1) is 11.6 Å². The van der Waals surface area contributed by atoms with Crippen LogP contribution in [-0.2, 0) is 0 Å². The van der Waals surface area contributed by atoms with Crippen molar-refractivity contribution < 1.29 is 13.6 Å². The van der Waals surface area contributed by atoms with Crippen LogP contribution in [0.5, 0.6) is 0 Å². The largest absolute Gasteiger partial charge is 0.345 e. The Morgan fingerprint density at radius 2 is 2.00 bits per heavy atom. The summed E-state index contributed by atoms with van der Waals surface area (Å²) in [6.07, 6.45) is 0. The minimum absolute atomic E-state index is 0.0772. The Morgan fingerprint density at radius 3 is 2.58 bits per heavy atom. The van der Waals surface area contributed by atoms with Gasteiger partial charge in [-0.15, -0.1) is 11.3 Å². The third-order valence-electron chi connectivity index (χ3n) is 2.55. The first-order valence-electron chi connectivity index (χ1n) is 5.48. The average Bonchev–Trinajstić information content (AvgIpc) is 2.79. The van der Waals surface area contributed by atoms with Crippen molar-refractivity contribution >= 4 is 28.8 Å². The van der Waals surface area contributed by atoms with E-state index in [0.717, 1.165) is 17.0 Å². The van der Waals surface area contributed by atoms with E-state index in [9.17, 15) is 13.6 Å². The Bertz CT molecular complexity index is 614. The van der Waals surface area contributed by atoms with E-state index in [-0.39, 0.29) is 11.6 Å². The van der Waals surface area contributed by atoms with E-state index in [4.69, 9.17) is 11.6 Å². The van der Waals surface area contributed by atoms with E-state index < -0.39 is 17.5 Å². The van der Waals surface area contributed by atoms with Gasteiger partial charge in [-0.05, 0) is 37.3 Å². The molecule has 0 aliphatic rings. The van der Waals surface area contributed by atoms with Crippen LogP contribution in [0.4, 0.5) is 8.78 Å². The number of carbonyl (C=O) groups excluding carboxylic acids is 1. The van der Waals surface area contributed by atoms with Crippen molar-refractivity contribution in [2.24, 2.45) is 0 Å². The quantitative estimate of drug-likeness (QED) is 0.905. The smallest absolute Gasteiger partial charge is 0.251 e. The summed E-state index contributed by atoms with van der Waals surface area (Å²) in [5, 5.41) is 2.70. The molecule has 0 radical (unpaired) electrons. The van der Waals surface area contributed by atoms with Crippen molar-refractivity contribution in [3.05, 3.63) is 56.7 Å². The second kappa shape index (κ2) is 5.67. The predicted molar refractivity (Wildman–Crippen MR) is 71.6 cm³/mol. The van der Waals surface area contributed by atoms with Crippen molar-refractivity contribution in [3.8, 4) is 0 Å². The highest BCUT2D eigenvalue weighted by Crippen LogP contribution is 2.26. The maximum absolute atomic E-state index is 13.0. The SMILES string of the molecule is CC(NC(=O)c1ccc(F)c(F)c1)c1ccc(Cl)s1. The van der Waals surface area contributed by atoms with E-state index in [1.807, 2.05) is 6.07 Å². The molecule has 0 aliphatic heterocycles. The van der Waals surface area contributed by atoms with Crippen LogP contribution in [0.1, 0.15) is 28.2 Å². The fourth-order valence-electron chi connectivity index (χ4n) is 1.55. The number of halogens is 3. The lowest BCUT2D eigenvalue weighted by Crippen LogP contribution is -2.26. The number of amides is 1. The molecular weight excluding hydrogens is 292 g/mol. The summed E-state index contributed by atoms with van der Waals surface area (Å²) in [5.41, 5.74) is 0.0772. The van der Waals surface area contributed by atoms with Gasteiger partial charge in [-0.1, -0.05) is 11.6 Å². The molecular formula is C13H10ClF2NOS. The molecule has 0 saturated heterocycles. The molecule has 0 bridgehead atoms. The molecule has 6 heteroatoms. The Kier molecular flexibility index (Phi) is 4.17. The minimum Gasteiger partial charge on any atom is -0.345 e. The Morgan fingerprint density at radius 1 is 1.26 bits per heavy atom. The number of rotatable bonds is 3. The van der Waals surface area contributed by atoms with Crippen molar-refractivity contribution in [2.75, 3.05) is 0 Å². The highest BCUT2D eigenvalue weighted by Gasteiger charge is 2.14. The molecule has 1 atom stereocenters. The zero-order valence-corrected chi connectivity index (χ0v) is 11.5. The van der Waals surface area contributed by atoms with Crippen molar-refractivity contribution in [1.29, 1.82) is 0 Å². The lowest BCUT2D eigenvalue weighted by molar-refractivity contribution is 0.0940. The lowest BCUT2D eigenvalue weighted by Gasteiger charge is -2.12. The molecule has 0 aliphatic carbocycles. The van der Waals surface area contributed by atoms with E-state index in [1.165, 1.54) is 17.4 Å². The monoisotopic (exact) mass is 301 g/mol. The van der Waals surface area contributed by atoms with E-state index in [2.05, 4.69) is 5.32 Å². The predicted octanol–water partition coefficient (Wildman–Crippen LogP) is 4.17. The van der Waals surface area contributed by atoms with Gasteiger partial charge in [0.2, 0.25) is 0 Å². The third kappa shape index (κ3) is 3.30. The molecule has 1 heterocycles. The average molecular weight is 302 g/mol. The fraction of sp³-hybridized carbons (Fsp3) is 0.154. The third-order valence-corrected chi connectivity index (χ3v) is 3.96. The van der Waals surface area contributed by atoms with Gasteiger partial charge in [-0.2, -0.15) is 0 Å². The first-order chi connectivity index (χ1) is 8.97. The molecule has 0 saturated carbocycles. The zero-order valence-electron chi connectivity index (χ0n) is 9.91. The zero-order chi connectivity index (χ0) is 14.0. The summed E-state index contributed by atoms with van der Waals surface area (Å²) >= 11 is 7.17. The standard InChI is InChI=1S/C13H10ClF2NOS/c1-7(11-4-5-12(14)19-11)17-13(18)8-2-3-9(15)10(16)6-8/h2-7H,1H3,(H,17,18). The lowest BCUT2D eigenvalue weighted by atomic mass is 10.2. The van der Waals surface area contributed by atoms with Crippen LogP contribution < -0.4 is 5.32 Å². The van der Waals surface area contributed by atoms with E-state index >= 15 is 0 Å². The van der Waals surface area contributed by atoms with Gasteiger partial charge in [-0.3, -0.25) is 4.79 Å². The summed E-state index contributed by atoms with van der Waals surface area (Å²) in [6.45, 7) is 1.79. The fourth-order valence-corrected chi connectivity index (χ4v) is 2.61. The van der Waals surface area contributed by atoms with Crippen LogP contribution in [0.25, 0.3) is 0 Å². The number of benzene rings is 1. The molecule has 1 N–H and O–H groups in total. The summed E-state index contributed by atoms with van der Waals surface area (Å²) in [6, 6.07) is 6.33. The van der Waals surface area contributed by atoms with Gasteiger partial charge in [-0.25, -0.2) is 8.78 Å². The molecule has 0 spiro atoms. The molecule has 0 fully saturated rings. The Hall–Kier alpha value is -1.46. The van der Waals surface area contributed by atoms with Crippen molar-refractivity contribution in [2.45, 2.75) is 13.0 Å². The van der Waals surface area contributed by atoms with Crippen LogP contribution >= 0.6 is 22.9 Å². The summed E-state index contributed by atoms with van der Waals surface area (Å²) in [7, 11) is 0. The second-order valence-corrected chi connectivity index (χ2v) is 5.71. The molecule has 1 amide bonds. The number of hydrogen-bond donors (Lipinski definition) is 1. The molecule has 19 heavy (non-hydrogen) atoms. The number of carbonyl (C=O) groups is 1. The highest BCUT2D eigenvalue weighted by atomic mass is 35.5. The molecule has 1 aromatic heterocycles. The summed E-state index contributed by atoms with van der Waals surface area (Å²) < 4.78 is 26.4. The second-order valence-electron chi connectivity index (χ2n) is 3.97.